The zero-order chi connectivity index (χ0) is 17.6. The van der Waals surface area contributed by atoms with E-state index in [9.17, 15) is 0 Å². The molecule has 1 heterocycles. The number of hydrogen-bond acceptors (Lipinski definition) is 5. The molecule has 0 amide bonds. The molecular formula is C20H22N4O. The van der Waals surface area contributed by atoms with Crippen molar-refractivity contribution in [3.8, 4) is 5.75 Å². The molecule has 5 heteroatoms. The summed E-state index contributed by atoms with van der Waals surface area (Å²) in [6.45, 7) is 4.00. The molecule has 0 bridgehead atoms. The highest BCUT2D eigenvalue weighted by Crippen LogP contribution is 2.23. The van der Waals surface area contributed by atoms with Crippen LogP contribution in [-0.2, 0) is 0 Å². The molecule has 2 N–H and O–H groups in total. The van der Waals surface area contributed by atoms with Crippen molar-refractivity contribution in [1.82, 2.24) is 9.97 Å². The number of rotatable bonds is 6. The lowest BCUT2D eigenvalue weighted by Gasteiger charge is -2.16. The molecule has 2 aromatic carbocycles. The first-order valence-electron chi connectivity index (χ1n) is 8.22. The summed E-state index contributed by atoms with van der Waals surface area (Å²) < 4.78 is 5.26. The molecule has 128 valence electrons. The van der Waals surface area contributed by atoms with E-state index in [1.165, 1.54) is 5.56 Å². The molecule has 0 aliphatic rings. The van der Waals surface area contributed by atoms with Crippen molar-refractivity contribution in [2.75, 3.05) is 17.7 Å². The first kappa shape index (κ1) is 16.8. The van der Waals surface area contributed by atoms with E-state index in [-0.39, 0.29) is 6.04 Å². The summed E-state index contributed by atoms with van der Waals surface area (Å²) in [5.74, 6) is 3.03. The molecule has 0 aliphatic heterocycles. The molecule has 0 saturated carbocycles. The van der Waals surface area contributed by atoms with Crippen molar-refractivity contribution in [3.05, 3.63) is 72.1 Å². The van der Waals surface area contributed by atoms with Crippen LogP contribution >= 0.6 is 0 Å². The highest BCUT2D eigenvalue weighted by atomic mass is 16.5. The van der Waals surface area contributed by atoms with Gasteiger partial charge in [-0.15, -0.1) is 0 Å². The van der Waals surface area contributed by atoms with Gasteiger partial charge in [0.15, 0.2) is 0 Å². The Kier molecular flexibility index (Phi) is 5.14. The van der Waals surface area contributed by atoms with Crippen LogP contribution in [0.2, 0.25) is 0 Å². The van der Waals surface area contributed by atoms with Crippen molar-refractivity contribution in [2.45, 2.75) is 19.9 Å². The van der Waals surface area contributed by atoms with E-state index in [0.29, 0.717) is 5.82 Å². The van der Waals surface area contributed by atoms with Crippen LogP contribution in [0.3, 0.4) is 0 Å². The quantitative estimate of drug-likeness (QED) is 0.683. The van der Waals surface area contributed by atoms with Crippen LogP contribution in [0.4, 0.5) is 17.3 Å². The van der Waals surface area contributed by atoms with Crippen molar-refractivity contribution < 1.29 is 4.74 Å². The molecule has 0 saturated heterocycles. The van der Waals surface area contributed by atoms with Gasteiger partial charge >= 0.3 is 0 Å². The number of nitrogens with one attached hydrogen (secondary N) is 2. The average Bonchev–Trinajstić information content (AvgIpc) is 2.62. The minimum Gasteiger partial charge on any atom is -0.497 e. The summed E-state index contributed by atoms with van der Waals surface area (Å²) in [5, 5.41) is 6.73. The number of aryl methyl sites for hydroxylation is 1. The predicted octanol–water partition coefficient (Wildman–Crippen LogP) is 4.71. The molecule has 1 unspecified atom stereocenters. The van der Waals surface area contributed by atoms with Gasteiger partial charge in [-0.05, 0) is 31.5 Å². The van der Waals surface area contributed by atoms with E-state index < -0.39 is 0 Å². The first-order chi connectivity index (χ1) is 12.1. The van der Waals surface area contributed by atoms with Gasteiger partial charge < -0.3 is 15.4 Å². The van der Waals surface area contributed by atoms with Gasteiger partial charge in [-0.25, -0.2) is 9.97 Å². The standard InChI is InChI=1S/C20H22N4O/c1-14(16-8-5-4-6-9-16)21-19-13-20(23-15(2)22-19)24-17-10-7-11-18(12-17)25-3/h4-14H,1-3H3,(H2,21,22,23,24). The maximum Gasteiger partial charge on any atom is 0.136 e. The SMILES string of the molecule is COc1cccc(Nc2cc(NC(C)c3ccccc3)nc(C)n2)c1. The van der Waals surface area contributed by atoms with Crippen LogP contribution in [0.15, 0.2) is 60.7 Å². The Morgan fingerprint density at radius 2 is 1.68 bits per heavy atom. The minimum absolute atomic E-state index is 0.153. The molecule has 0 spiro atoms. The monoisotopic (exact) mass is 334 g/mol. The second kappa shape index (κ2) is 7.66. The predicted molar refractivity (Wildman–Crippen MR) is 102 cm³/mol. The molecule has 0 aliphatic carbocycles. The Morgan fingerprint density at radius 3 is 2.44 bits per heavy atom. The van der Waals surface area contributed by atoms with Gasteiger partial charge in [0.05, 0.1) is 7.11 Å². The normalized spacial score (nSPS) is 11.6. The fourth-order valence-corrected chi connectivity index (χ4v) is 2.60. The van der Waals surface area contributed by atoms with Crippen molar-refractivity contribution in [1.29, 1.82) is 0 Å². The molecule has 1 aromatic heterocycles. The molecule has 0 fully saturated rings. The largest absolute Gasteiger partial charge is 0.497 e. The van der Waals surface area contributed by atoms with Crippen molar-refractivity contribution in [2.24, 2.45) is 0 Å². The maximum absolute atomic E-state index is 5.26. The fraction of sp³-hybridized carbons (Fsp3) is 0.200. The zero-order valence-electron chi connectivity index (χ0n) is 14.7. The van der Waals surface area contributed by atoms with Crippen LogP contribution < -0.4 is 15.4 Å². The summed E-state index contributed by atoms with van der Waals surface area (Å²) >= 11 is 0. The Labute approximate surface area is 148 Å². The molecule has 25 heavy (non-hydrogen) atoms. The van der Waals surface area contributed by atoms with Crippen LogP contribution in [0.1, 0.15) is 24.4 Å². The van der Waals surface area contributed by atoms with Gasteiger partial charge in [0.25, 0.3) is 0 Å². The summed E-state index contributed by atoms with van der Waals surface area (Å²) in [4.78, 5) is 8.95. The molecule has 5 nitrogen and oxygen atoms in total. The summed E-state index contributed by atoms with van der Waals surface area (Å²) in [6, 6.07) is 20.1. The van der Waals surface area contributed by atoms with E-state index in [1.807, 2.05) is 55.5 Å². The van der Waals surface area contributed by atoms with Crippen LogP contribution in [0, 0.1) is 6.92 Å². The number of nitrogens with zero attached hydrogens (tertiary/aromatic N) is 2. The van der Waals surface area contributed by atoms with Gasteiger partial charge in [0.2, 0.25) is 0 Å². The maximum atomic E-state index is 5.26. The van der Waals surface area contributed by atoms with Crippen molar-refractivity contribution >= 4 is 17.3 Å². The Bertz CT molecular complexity index is 836. The number of anilines is 3. The highest BCUT2D eigenvalue weighted by molar-refractivity contribution is 5.61. The average molecular weight is 334 g/mol. The van der Waals surface area contributed by atoms with Gasteiger partial charge in [-0.1, -0.05) is 36.4 Å². The molecule has 0 radical (unpaired) electrons. The van der Waals surface area contributed by atoms with Crippen LogP contribution in [0.5, 0.6) is 5.75 Å². The smallest absolute Gasteiger partial charge is 0.136 e. The summed E-state index contributed by atoms with van der Waals surface area (Å²) in [7, 11) is 1.65. The van der Waals surface area contributed by atoms with Crippen LogP contribution in [0.25, 0.3) is 0 Å². The third-order valence-electron chi connectivity index (χ3n) is 3.84. The molecule has 3 aromatic rings. The lowest BCUT2D eigenvalue weighted by atomic mass is 10.1. The number of aromatic nitrogens is 2. The Morgan fingerprint density at radius 1 is 0.920 bits per heavy atom. The second-order valence-corrected chi connectivity index (χ2v) is 5.82. The second-order valence-electron chi connectivity index (χ2n) is 5.82. The molecule has 1 atom stereocenters. The van der Waals surface area contributed by atoms with Gasteiger partial charge in [0.1, 0.15) is 23.2 Å². The fourth-order valence-electron chi connectivity index (χ4n) is 2.60. The van der Waals surface area contributed by atoms with Crippen LogP contribution in [-0.4, -0.2) is 17.1 Å². The van der Waals surface area contributed by atoms with Gasteiger partial charge in [-0.2, -0.15) is 0 Å². The van der Waals surface area contributed by atoms with Crippen molar-refractivity contribution in [3.63, 3.8) is 0 Å². The molecular weight excluding hydrogens is 312 g/mol. The lowest BCUT2D eigenvalue weighted by molar-refractivity contribution is 0.415. The topological polar surface area (TPSA) is 59.1 Å². The number of benzene rings is 2. The summed E-state index contributed by atoms with van der Waals surface area (Å²) in [6.07, 6.45) is 0. The lowest BCUT2D eigenvalue weighted by Crippen LogP contribution is -2.09. The summed E-state index contributed by atoms with van der Waals surface area (Å²) in [5.41, 5.74) is 2.13. The van der Waals surface area contributed by atoms with E-state index in [0.717, 1.165) is 23.1 Å². The number of methoxy groups -OCH3 is 1. The van der Waals surface area contributed by atoms with Gasteiger partial charge in [0, 0.05) is 23.9 Å². The molecule has 3 rings (SSSR count). The number of ether oxygens (including phenoxy) is 1. The highest BCUT2D eigenvalue weighted by Gasteiger charge is 2.08. The van der Waals surface area contributed by atoms with E-state index in [4.69, 9.17) is 4.74 Å². The third kappa shape index (κ3) is 4.47. The Hall–Kier alpha value is -3.08. The minimum atomic E-state index is 0.153. The number of hydrogen-bond donors (Lipinski definition) is 2. The van der Waals surface area contributed by atoms with E-state index in [2.05, 4.69) is 39.7 Å². The van der Waals surface area contributed by atoms with Gasteiger partial charge in [-0.3, -0.25) is 0 Å². The first-order valence-corrected chi connectivity index (χ1v) is 8.22. The Balaban J connectivity index is 1.78. The van der Waals surface area contributed by atoms with E-state index >= 15 is 0 Å². The third-order valence-corrected chi connectivity index (χ3v) is 3.84. The van der Waals surface area contributed by atoms with E-state index in [1.54, 1.807) is 7.11 Å². The zero-order valence-corrected chi connectivity index (χ0v) is 14.7.